The number of aryl methyl sites for hydroxylation is 1. The van der Waals surface area contributed by atoms with E-state index in [-0.39, 0.29) is 6.61 Å². The highest BCUT2D eigenvalue weighted by Gasteiger charge is 2.40. The Balaban J connectivity index is 1.71. The van der Waals surface area contributed by atoms with Crippen molar-refractivity contribution in [3.63, 3.8) is 0 Å². The molecule has 0 saturated heterocycles. The lowest BCUT2D eigenvalue weighted by atomic mass is 9.95. The molecule has 3 heterocycles. The van der Waals surface area contributed by atoms with Crippen LogP contribution in [0.1, 0.15) is 35.5 Å². The van der Waals surface area contributed by atoms with E-state index in [1.165, 1.54) is 0 Å². The number of hydrogen-bond donors (Lipinski definition) is 2. The zero-order chi connectivity index (χ0) is 26.1. The summed E-state index contributed by atoms with van der Waals surface area (Å²) < 4.78 is 23.7. The molecule has 1 aromatic heterocycles. The second-order valence-corrected chi connectivity index (χ2v) is 9.07. The topological polar surface area (TPSA) is 85.3 Å². The van der Waals surface area contributed by atoms with Crippen LogP contribution in [0.15, 0.2) is 60.1 Å². The molecule has 0 radical (unpaired) electrons. The van der Waals surface area contributed by atoms with Gasteiger partial charge in [0, 0.05) is 23.7 Å². The molecule has 1 atom stereocenters. The predicted octanol–water partition coefficient (Wildman–Crippen LogP) is 4.58. The molecular weight excluding hydrogens is 490 g/mol. The highest BCUT2D eigenvalue weighted by atomic mass is 32.1. The monoisotopic (exact) mass is 519 g/mol. The Bertz CT molecular complexity index is 1390. The van der Waals surface area contributed by atoms with Gasteiger partial charge in [-0.2, -0.15) is 0 Å². The van der Waals surface area contributed by atoms with Crippen LogP contribution in [0.25, 0.3) is 0 Å². The summed E-state index contributed by atoms with van der Waals surface area (Å²) >= 11 is 5.88. The molecule has 192 valence electrons. The zero-order valence-electron chi connectivity index (χ0n) is 21.2. The Morgan fingerprint density at radius 2 is 1.92 bits per heavy atom. The summed E-state index contributed by atoms with van der Waals surface area (Å²) in [5, 5.41) is 13.5. The number of aromatic nitrogens is 1. The molecule has 37 heavy (non-hydrogen) atoms. The Hall–Kier alpha value is -3.82. The number of thiocarbonyl (C=S) groups is 1. The van der Waals surface area contributed by atoms with E-state index in [1.54, 1.807) is 20.4 Å². The van der Waals surface area contributed by atoms with Gasteiger partial charge < -0.3 is 29.4 Å². The van der Waals surface area contributed by atoms with Crippen LogP contribution >= 0.6 is 12.2 Å². The van der Waals surface area contributed by atoms with E-state index in [0.717, 1.165) is 33.6 Å². The zero-order valence-corrected chi connectivity index (χ0v) is 22.0. The summed E-state index contributed by atoms with van der Waals surface area (Å²) in [6.45, 7) is 4.23. The largest absolute Gasteiger partial charge is 0.493 e. The molecule has 0 aliphatic carbocycles. The number of ether oxygens (including phenoxy) is 4. The van der Waals surface area contributed by atoms with Gasteiger partial charge in [0.05, 0.1) is 44.4 Å². The normalized spacial score (nSPS) is 16.4. The van der Waals surface area contributed by atoms with Gasteiger partial charge in [0.25, 0.3) is 0 Å². The van der Waals surface area contributed by atoms with Crippen molar-refractivity contribution in [3.05, 3.63) is 82.5 Å². The van der Waals surface area contributed by atoms with Crippen LogP contribution in [0, 0.1) is 6.92 Å². The molecule has 0 unspecified atom stereocenters. The number of aliphatic hydroxyl groups is 1. The number of rotatable bonds is 7. The number of hydrogen-bond acceptors (Lipinski definition) is 8. The Morgan fingerprint density at radius 1 is 1.14 bits per heavy atom. The van der Waals surface area contributed by atoms with E-state index in [2.05, 4.69) is 15.2 Å². The molecule has 8 nitrogen and oxygen atoms in total. The summed E-state index contributed by atoms with van der Waals surface area (Å²) in [5.74, 6) is 3.19. The van der Waals surface area contributed by atoms with Crippen LogP contribution < -0.4 is 29.2 Å². The molecule has 3 aromatic rings. The van der Waals surface area contributed by atoms with Crippen molar-refractivity contribution >= 4 is 22.9 Å². The molecular formula is C28H29N3O5S. The third kappa shape index (κ3) is 4.34. The van der Waals surface area contributed by atoms with Crippen molar-refractivity contribution in [1.82, 2.24) is 10.3 Å². The first-order valence-corrected chi connectivity index (χ1v) is 12.4. The van der Waals surface area contributed by atoms with E-state index in [1.807, 2.05) is 56.3 Å². The second-order valence-electron chi connectivity index (χ2n) is 8.66. The summed E-state index contributed by atoms with van der Waals surface area (Å²) in [5.41, 5.74) is 4.89. The molecule has 0 bridgehead atoms. The minimum atomic E-state index is -0.427. The quantitative estimate of drug-likeness (QED) is 0.436. The van der Waals surface area contributed by atoms with E-state index >= 15 is 0 Å². The van der Waals surface area contributed by atoms with Gasteiger partial charge in [-0.05, 0) is 43.7 Å². The molecule has 9 heteroatoms. The minimum Gasteiger partial charge on any atom is -0.493 e. The summed E-state index contributed by atoms with van der Waals surface area (Å²) in [6.07, 6.45) is 1.77. The molecule has 2 aromatic carbocycles. The molecule has 0 amide bonds. The maximum absolute atomic E-state index is 9.95. The van der Waals surface area contributed by atoms with Gasteiger partial charge in [-0.25, -0.2) is 0 Å². The summed E-state index contributed by atoms with van der Waals surface area (Å²) in [7, 11) is 3.22. The van der Waals surface area contributed by atoms with Crippen molar-refractivity contribution in [2.24, 2.45) is 0 Å². The van der Waals surface area contributed by atoms with Crippen LogP contribution in [0.2, 0.25) is 0 Å². The van der Waals surface area contributed by atoms with Gasteiger partial charge in [0.2, 0.25) is 5.88 Å². The first-order chi connectivity index (χ1) is 18.0. The van der Waals surface area contributed by atoms with Crippen molar-refractivity contribution < 1.29 is 24.1 Å². The van der Waals surface area contributed by atoms with Crippen LogP contribution in [0.4, 0.5) is 5.69 Å². The molecule has 5 rings (SSSR count). The highest BCUT2D eigenvalue weighted by Crippen LogP contribution is 2.45. The smallest absolute Gasteiger partial charge is 0.209 e. The fraction of sp³-hybridized carbons (Fsp3) is 0.286. The van der Waals surface area contributed by atoms with Crippen LogP contribution in [-0.2, 0) is 13.0 Å². The fourth-order valence-electron chi connectivity index (χ4n) is 4.75. The SMILES string of the molecule is CCOc1ccccc1N1C2=C(Cc3c(CO)cnc(C)c3O2)C(=S)N[C@@H]1c1ccc(OC)c(OC)c1. The molecule has 0 spiro atoms. The molecule has 2 aliphatic rings. The maximum Gasteiger partial charge on any atom is 0.209 e. The van der Waals surface area contributed by atoms with Crippen molar-refractivity contribution in [3.8, 4) is 23.0 Å². The number of fused-ring (bicyclic) bond motifs is 1. The van der Waals surface area contributed by atoms with E-state index < -0.39 is 6.17 Å². The van der Waals surface area contributed by atoms with Gasteiger partial charge in [0.1, 0.15) is 16.9 Å². The number of nitrogens with zero attached hydrogens (tertiary/aromatic N) is 2. The maximum atomic E-state index is 9.95. The highest BCUT2D eigenvalue weighted by molar-refractivity contribution is 7.80. The fourth-order valence-corrected chi connectivity index (χ4v) is 5.03. The Labute approximate surface area is 221 Å². The second kappa shape index (κ2) is 10.3. The number of aliphatic hydroxyl groups excluding tert-OH is 1. The average molecular weight is 520 g/mol. The number of nitrogens with one attached hydrogen (secondary N) is 1. The number of methoxy groups -OCH3 is 2. The van der Waals surface area contributed by atoms with Gasteiger partial charge in [0.15, 0.2) is 17.2 Å². The summed E-state index contributed by atoms with van der Waals surface area (Å²) in [4.78, 5) is 7.09. The Morgan fingerprint density at radius 3 is 2.65 bits per heavy atom. The van der Waals surface area contributed by atoms with Gasteiger partial charge in [-0.15, -0.1) is 0 Å². The van der Waals surface area contributed by atoms with Crippen molar-refractivity contribution in [2.75, 3.05) is 25.7 Å². The standard InChI is InChI=1S/C28H29N3O5S/c1-5-35-22-9-7-6-8-21(22)31-26(17-10-11-23(33-3)24(12-17)34-4)30-27(37)20-13-19-18(15-32)14-29-16(2)25(19)36-28(20)31/h6-12,14,26,32H,5,13,15H2,1-4H3,(H,30,37)/t26-/m0/s1. The predicted molar refractivity (Wildman–Crippen MR) is 144 cm³/mol. The summed E-state index contributed by atoms with van der Waals surface area (Å²) in [6, 6.07) is 13.6. The molecule has 2 N–H and O–H groups in total. The van der Waals surface area contributed by atoms with Gasteiger partial charge >= 0.3 is 0 Å². The van der Waals surface area contributed by atoms with Crippen molar-refractivity contribution in [1.29, 1.82) is 0 Å². The lowest BCUT2D eigenvalue weighted by molar-refractivity contribution is 0.277. The number of pyridine rings is 1. The van der Waals surface area contributed by atoms with Crippen LogP contribution in [0.3, 0.4) is 0 Å². The number of benzene rings is 2. The number of anilines is 1. The molecule has 0 fully saturated rings. The van der Waals surface area contributed by atoms with Gasteiger partial charge in [-0.3, -0.25) is 9.88 Å². The third-order valence-electron chi connectivity index (χ3n) is 6.55. The average Bonchev–Trinajstić information content (AvgIpc) is 2.93. The van der Waals surface area contributed by atoms with Crippen LogP contribution in [-0.4, -0.2) is 35.9 Å². The first kappa shape index (κ1) is 24.9. The number of para-hydroxylation sites is 2. The van der Waals surface area contributed by atoms with Crippen molar-refractivity contribution in [2.45, 2.75) is 33.0 Å². The van der Waals surface area contributed by atoms with E-state index in [0.29, 0.717) is 46.9 Å². The Kier molecular flexibility index (Phi) is 6.90. The van der Waals surface area contributed by atoms with E-state index in [9.17, 15) is 5.11 Å². The first-order valence-electron chi connectivity index (χ1n) is 12.0. The lowest BCUT2D eigenvalue weighted by Gasteiger charge is -2.43. The van der Waals surface area contributed by atoms with Gasteiger partial charge in [-0.1, -0.05) is 30.4 Å². The molecule has 0 saturated carbocycles. The molecule has 2 aliphatic heterocycles. The van der Waals surface area contributed by atoms with E-state index in [4.69, 9.17) is 31.2 Å². The van der Waals surface area contributed by atoms with Crippen LogP contribution in [0.5, 0.6) is 23.0 Å². The minimum absolute atomic E-state index is 0.132. The third-order valence-corrected chi connectivity index (χ3v) is 6.92. The lowest BCUT2D eigenvalue weighted by Crippen LogP contribution is -2.49.